The average molecular weight is 415 g/mol. The molecule has 0 radical (unpaired) electrons. The number of aromatic nitrogens is 2. The van der Waals surface area contributed by atoms with Crippen molar-refractivity contribution in [3.63, 3.8) is 0 Å². The number of nitrogens with one attached hydrogen (secondary N) is 2. The molecule has 1 aromatic heterocycles. The van der Waals surface area contributed by atoms with Gasteiger partial charge in [-0.2, -0.15) is 11.8 Å². The number of thioether (sulfide) groups is 1. The summed E-state index contributed by atoms with van der Waals surface area (Å²) in [6.07, 6.45) is 2.49. The van der Waals surface area contributed by atoms with Crippen molar-refractivity contribution in [2.45, 2.75) is 12.5 Å². The Labute approximate surface area is 169 Å². The number of imidazole rings is 1. The molecule has 2 N–H and O–H groups in total. The Balaban J connectivity index is 1.92. The van der Waals surface area contributed by atoms with Gasteiger partial charge in [0.1, 0.15) is 5.82 Å². The number of hydrogen-bond donors (Lipinski definition) is 2. The molecule has 1 heterocycles. The molecule has 0 saturated carbocycles. The molecule has 0 spiro atoms. The van der Waals surface area contributed by atoms with Crippen LogP contribution in [0.2, 0.25) is 0 Å². The highest BCUT2D eigenvalue weighted by Gasteiger charge is 2.23. The van der Waals surface area contributed by atoms with Crippen molar-refractivity contribution in [3.8, 4) is 0 Å². The minimum Gasteiger partial charge on any atom is -0.342 e. The number of para-hydroxylation sites is 2. The number of aromatic amines is 1. The van der Waals surface area contributed by atoms with Crippen molar-refractivity contribution in [2.75, 3.05) is 12.0 Å². The molecule has 29 heavy (non-hydrogen) atoms. The van der Waals surface area contributed by atoms with Crippen molar-refractivity contribution < 1.29 is 14.6 Å². The van der Waals surface area contributed by atoms with E-state index in [1.165, 1.54) is 0 Å². The minimum absolute atomic E-state index is 0.156. The number of non-ortho nitro benzene ring substituents is 2. The Hall–Kier alpha value is -3.47. The second kappa shape index (κ2) is 8.69. The van der Waals surface area contributed by atoms with Crippen LogP contribution in [0.25, 0.3) is 11.0 Å². The third kappa shape index (κ3) is 4.69. The second-order valence-corrected chi connectivity index (χ2v) is 7.18. The number of carbonyl (C=O) groups is 1. The maximum Gasteiger partial charge on any atom is 0.277 e. The summed E-state index contributed by atoms with van der Waals surface area (Å²) in [5.41, 5.74) is 0.368. The molecule has 3 aromatic rings. The van der Waals surface area contributed by atoms with Gasteiger partial charge in [0.2, 0.25) is 0 Å². The van der Waals surface area contributed by atoms with E-state index in [1.54, 1.807) is 11.8 Å². The predicted molar refractivity (Wildman–Crippen MR) is 109 cm³/mol. The van der Waals surface area contributed by atoms with Crippen LogP contribution in [0.4, 0.5) is 11.4 Å². The highest BCUT2D eigenvalue weighted by molar-refractivity contribution is 7.98. The summed E-state index contributed by atoms with van der Waals surface area (Å²) >= 11 is 1.60. The Morgan fingerprint density at radius 3 is 2.41 bits per heavy atom. The van der Waals surface area contributed by atoms with Crippen molar-refractivity contribution in [2.24, 2.45) is 0 Å². The van der Waals surface area contributed by atoms with E-state index >= 15 is 0 Å². The first-order valence-corrected chi connectivity index (χ1v) is 9.96. The van der Waals surface area contributed by atoms with Gasteiger partial charge in [-0.1, -0.05) is 12.1 Å². The first-order chi connectivity index (χ1) is 13.9. The Morgan fingerprint density at radius 2 is 1.83 bits per heavy atom. The normalized spacial score (nSPS) is 11.9. The van der Waals surface area contributed by atoms with Crippen LogP contribution in [0, 0.1) is 20.2 Å². The summed E-state index contributed by atoms with van der Waals surface area (Å²) in [5.74, 6) is 0.633. The average Bonchev–Trinajstić information content (AvgIpc) is 3.14. The highest BCUT2D eigenvalue weighted by atomic mass is 32.2. The van der Waals surface area contributed by atoms with E-state index < -0.39 is 33.2 Å². The zero-order chi connectivity index (χ0) is 21.0. The second-order valence-electron chi connectivity index (χ2n) is 6.20. The monoisotopic (exact) mass is 415 g/mol. The van der Waals surface area contributed by atoms with Gasteiger partial charge >= 0.3 is 0 Å². The van der Waals surface area contributed by atoms with Crippen LogP contribution < -0.4 is 5.32 Å². The van der Waals surface area contributed by atoms with Crippen LogP contribution >= 0.6 is 11.8 Å². The number of carbonyl (C=O) groups excluding carboxylic acids is 1. The summed E-state index contributed by atoms with van der Waals surface area (Å²) in [6, 6.07) is 9.80. The van der Waals surface area contributed by atoms with Crippen molar-refractivity contribution >= 4 is 40.1 Å². The van der Waals surface area contributed by atoms with Crippen LogP contribution in [-0.4, -0.2) is 37.7 Å². The topological polar surface area (TPSA) is 144 Å². The third-order valence-electron chi connectivity index (χ3n) is 4.24. The van der Waals surface area contributed by atoms with Gasteiger partial charge in [-0.25, -0.2) is 4.98 Å². The zero-order valence-corrected chi connectivity index (χ0v) is 16.1. The van der Waals surface area contributed by atoms with Crippen LogP contribution in [0.3, 0.4) is 0 Å². The molecule has 0 aliphatic rings. The lowest BCUT2D eigenvalue weighted by atomic mass is 10.1. The summed E-state index contributed by atoms with van der Waals surface area (Å²) in [5, 5.41) is 24.9. The molecule has 0 saturated heterocycles. The maximum atomic E-state index is 12.8. The van der Waals surface area contributed by atoms with E-state index in [2.05, 4.69) is 15.3 Å². The SMILES string of the molecule is CSCC[C@H](NC(=O)c1cc([N+](=O)[O-])cc([N+](=O)[O-])c1)c1nc2ccccc2[nH]1. The largest absolute Gasteiger partial charge is 0.342 e. The van der Waals surface area contributed by atoms with Gasteiger partial charge in [-0.15, -0.1) is 0 Å². The number of hydrogen-bond acceptors (Lipinski definition) is 7. The van der Waals surface area contributed by atoms with Gasteiger partial charge in [-0.05, 0) is 30.6 Å². The standard InChI is InChI=1S/C18H17N5O5S/c1-29-7-6-16(17-19-14-4-2-3-5-15(14)20-17)21-18(24)11-8-12(22(25)26)10-13(9-11)23(27)28/h2-5,8-10,16H,6-7H2,1H3,(H,19,20)(H,21,24)/t16-/m0/s1. The number of nitro benzene ring substituents is 2. The zero-order valence-electron chi connectivity index (χ0n) is 15.3. The number of nitro groups is 2. The molecule has 1 amide bonds. The summed E-state index contributed by atoms with van der Waals surface area (Å²) in [4.78, 5) is 41.0. The molecule has 2 aromatic carbocycles. The molecule has 150 valence electrons. The lowest BCUT2D eigenvalue weighted by Crippen LogP contribution is -2.30. The van der Waals surface area contributed by atoms with Gasteiger partial charge < -0.3 is 10.3 Å². The number of H-pyrrole nitrogens is 1. The Bertz CT molecular complexity index is 1020. The Kier molecular flexibility index (Phi) is 6.07. The highest BCUT2D eigenvalue weighted by Crippen LogP contribution is 2.25. The number of amides is 1. The lowest BCUT2D eigenvalue weighted by molar-refractivity contribution is -0.394. The van der Waals surface area contributed by atoms with Gasteiger partial charge in [-0.3, -0.25) is 25.0 Å². The molecule has 10 nitrogen and oxygen atoms in total. The fourth-order valence-corrected chi connectivity index (χ4v) is 3.30. The van der Waals surface area contributed by atoms with Gasteiger partial charge in [0.05, 0.1) is 38.6 Å². The van der Waals surface area contributed by atoms with Crippen LogP contribution in [-0.2, 0) is 0 Å². The number of fused-ring (bicyclic) bond motifs is 1. The molecule has 3 rings (SSSR count). The first kappa shape index (κ1) is 20.3. The van der Waals surface area contributed by atoms with E-state index in [0.717, 1.165) is 35.0 Å². The number of benzene rings is 2. The minimum atomic E-state index is -0.770. The molecule has 0 bridgehead atoms. The van der Waals surface area contributed by atoms with E-state index in [0.29, 0.717) is 12.2 Å². The molecule has 1 atom stereocenters. The fourth-order valence-electron chi connectivity index (χ4n) is 2.83. The predicted octanol–water partition coefficient (Wildman–Crippen LogP) is 3.60. The maximum absolute atomic E-state index is 12.8. The molecule has 0 aliphatic heterocycles. The van der Waals surface area contributed by atoms with Gasteiger partial charge in [0.25, 0.3) is 17.3 Å². The number of nitrogens with zero attached hydrogens (tertiary/aromatic N) is 3. The molecule has 11 heteroatoms. The quantitative estimate of drug-likeness (QED) is 0.422. The van der Waals surface area contributed by atoms with E-state index in [1.807, 2.05) is 30.5 Å². The first-order valence-electron chi connectivity index (χ1n) is 8.57. The van der Waals surface area contributed by atoms with Gasteiger partial charge in [0, 0.05) is 12.1 Å². The molecular weight excluding hydrogens is 398 g/mol. The van der Waals surface area contributed by atoms with Crippen LogP contribution in [0.15, 0.2) is 42.5 Å². The van der Waals surface area contributed by atoms with E-state index in [9.17, 15) is 25.0 Å². The van der Waals surface area contributed by atoms with Gasteiger partial charge in [0.15, 0.2) is 0 Å². The summed E-state index contributed by atoms with van der Waals surface area (Å²) < 4.78 is 0. The van der Waals surface area contributed by atoms with E-state index in [4.69, 9.17) is 0 Å². The number of rotatable bonds is 8. The summed E-state index contributed by atoms with van der Waals surface area (Å²) in [6.45, 7) is 0. The van der Waals surface area contributed by atoms with Crippen LogP contribution in [0.5, 0.6) is 0 Å². The third-order valence-corrected chi connectivity index (χ3v) is 4.88. The molecule has 0 unspecified atom stereocenters. The Morgan fingerprint density at radius 1 is 1.17 bits per heavy atom. The molecule has 0 fully saturated rings. The lowest BCUT2D eigenvalue weighted by Gasteiger charge is -2.16. The molecular formula is C18H17N5O5S. The van der Waals surface area contributed by atoms with Crippen molar-refractivity contribution in [1.82, 2.24) is 15.3 Å². The molecule has 0 aliphatic carbocycles. The fraction of sp³-hybridized carbons (Fsp3) is 0.222. The summed E-state index contributed by atoms with van der Waals surface area (Å²) in [7, 11) is 0. The van der Waals surface area contributed by atoms with Crippen molar-refractivity contribution in [1.29, 1.82) is 0 Å². The smallest absolute Gasteiger partial charge is 0.277 e. The van der Waals surface area contributed by atoms with Crippen LogP contribution in [0.1, 0.15) is 28.6 Å². The van der Waals surface area contributed by atoms with E-state index in [-0.39, 0.29) is 5.56 Å². The van der Waals surface area contributed by atoms with Crippen molar-refractivity contribution in [3.05, 3.63) is 74.1 Å².